The summed E-state index contributed by atoms with van der Waals surface area (Å²) in [6.45, 7) is 6.32. The lowest BCUT2D eigenvalue weighted by Crippen LogP contribution is -2.08. The number of anilines is 1. The highest BCUT2D eigenvalue weighted by atomic mass is 15.0. The second kappa shape index (κ2) is 5.83. The van der Waals surface area contributed by atoms with Crippen molar-refractivity contribution in [2.45, 2.75) is 33.6 Å². The number of hydrogen-bond donors (Lipinski definition) is 1. The summed E-state index contributed by atoms with van der Waals surface area (Å²) in [6, 6.07) is 8.39. The van der Waals surface area contributed by atoms with E-state index in [-0.39, 0.29) is 0 Å². The summed E-state index contributed by atoms with van der Waals surface area (Å²) < 4.78 is 0. The Morgan fingerprint density at radius 2 is 1.84 bits per heavy atom. The van der Waals surface area contributed by atoms with Crippen LogP contribution in [0.2, 0.25) is 0 Å². The van der Waals surface area contributed by atoms with Crippen LogP contribution in [0.15, 0.2) is 24.3 Å². The standard InChI is InChI=1S/C16H21N3/c1-5-14-12(3)18-15(19-16(14)17-4)10-13-9-7-6-8-11(13)2/h6-9H,5,10H2,1-4H3,(H,17,18,19). The van der Waals surface area contributed by atoms with Gasteiger partial charge in [-0.3, -0.25) is 0 Å². The summed E-state index contributed by atoms with van der Waals surface area (Å²) in [7, 11) is 1.92. The topological polar surface area (TPSA) is 37.8 Å². The molecule has 2 aromatic rings. The molecule has 0 aliphatic heterocycles. The molecule has 1 N–H and O–H groups in total. The van der Waals surface area contributed by atoms with Gasteiger partial charge in [0.25, 0.3) is 0 Å². The van der Waals surface area contributed by atoms with Gasteiger partial charge in [-0.05, 0) is 31.4 Å². The number of nitrogens with zero attached hydrogens (tertiary/aromatic N) is 2. The van der Waals surface area contributed by atoms with Gasteiger partial charge >= 0.3 is 0 Å². The van der Waals surface area contributed by atoms with Crippen molar-refractivity contribution in [2.75, 3.05) is 12.4 Å². The highest BCUT2D eigenvalue weighted by Crippen LogP contribution is 2.18. The first kappa shape index (κ1) is 13.5. The fraction of sp³-hybridized carbons (Fsp3) is 0.375. The lowest BCUT2D eigenvalue weighted by atomic mass is 10.1. The molecule has 1 aromatic carbocycles. The van der Waals surface area contributed by atoms with E-state index in [9.17, 15) is 0 Å². The fourth-order valence-electron chi connectivity index (χ4n) is 2.34. The number of aryl methyl sites for hydroxylation is 2. The Hall–Kier alpha value is -1.90. The van der Waals surface area contributed by atoms with Crippen molar-refractivity contribution < 1.29 is 0 Å². The van der Waals surface area contributed by atoms with Crippen molar-refractivity contribution in [1.82, 2.24) is 9.97 Å². The summed E-state index contributed by atoms with van der Waals surface area (Å²) in [6.07, 6.45) is 1.73. The third kappa shape index (κ3) is 2.92. The van der Waals surface area contributed by atoms with Crippen molar-refractivity contribution >= 4 is 5.82 Å². The summed E-state index contributed by atoms with van der Waals surface area (Å²) in [4.78, 5) is 9.27. The Kier molecular flexibility index (Phi) is 4.15. The molecule has 0 saturated heterocycles. The average Bonchev–Trinajstić information content (AvgIpc) is 2.40. The molecule has 1 heterocycles. The van der Waals surface area contributed by atoms with Crippen LogP contribution in [-0.4, -0.2) is 17.0 Å². The summed E-state index contributed by atoms with van der Waals surface area (Å²) in [5.74, 6) is 1.84. The molecule has 0 aliphatic rings. The van der Waals surface area contributed by atoms with Crippen LogP contribution in [0.3, 0.4) is 0 Å². The van der Waals surface area contributed by atoms with Gasteiger partial charge in [-0.25, -0.2) is 9.97 Å². The molecule has 3 heteroatoms. The van der Waals surface area contributed by atoms with Crippen molar-refractivity contribution in [3.63, 3.8) is 0 Å². The normalized spacial score (nSPS) is 10.5. The molecular weight excluding hydrogens is 234 g/mol. The molecule has 0 aliphatic carbocycles. The molecule has 0 bridgehead atoms. The predicted octanol–water partition coefficient (Wildman–Crippen LogP) is 3.29. The summed E-state index contributed by atoms with van der Waals surface area (Å²) >= 11 is 0. The molecule has 0 atom stereocenters. The van der Waals surface area contributed by atoms with Crippen LogP contribution in [0.4, 0.5) is 5.82 Å². The molecule has 0 spiro atoms. The van der Waals surface area contributed by atoms with Crippen LogP contribution in [0, 0.1) is 13.8 Å². The third-order valence-electron chi connectivity index (χ3n) is 3.46. The molecule has 100 valence electrons. The molecule has 3 nitrogen and oxygen atoms in total. The molecule has 0 unspecified atom stereocenters. The van der Waals surface area contributed by atoms with Crippen LogP contribution < -0.4 is 5.32 Å². The van der Waals surface area contributed by atoms with Gasteiger partial charge in [0.2, 0.25) is 0 Å². The van der Waals surface area contributed by atoms with Crippen LogP contribution in [0.25, 0.3) is 0 Å². The summed E-state index contributed by atoms with van der Waals surface area (Å²) in [5.41, 5.74) is 4.85. The van der Waals surface area contributed by atoms with E-state index in [4.69, 9.17) is 0 Å². The zero-order chi connectivity index (χ0) is 13.8. The largest absolute Gasteiger partial charge is 0.373 e. The number of nitrogens with one attached hydrogen (secondary N) is 1. The maximum atomic E-state index is 4.64. The SMILES string of the molecule is CCc1c(C)nc(Cc2ccccc2C)nc1NC. The average molecular weight is 255 g/mol. The van der Waals surface area contributed by atoms with E-state index in [0.717, 1.165) is 30.2 Å². The van der Waals surface area contributed by atoms with Gasteiger partial charge in [0.1, 0.15) is 11.6 Å². The first-order chi connectivity index (χ1) is 9.15. The van der Waals surface area contributed by atoms with Crippen molar-refractivity contribution in [2.24, 2.45) is 0 Å². The first-order valence-electron chi connectivity index (χ1n) is 6.74. The second-order valence-corrected chi connectivity index (χ2v) is 4.76. The number of hydrogen-bond acceptors (Lipinski definition) is 3. The van der Waals surface area contributed by atoms with E-state index < -0.39 is 0 Å². The lowest BCUT2D eigenvalue weighted by Gasteiger charge is -2.12. The van der Waals surface area contributed by atoms with E-state index in [1.165, 1.54) is 16.7 Å². The van der Waals surface area contributed by atoms with Gasteiger partial charge in [-0.1, -0.05) is 31.2 Å². The minimum absolute atomic E-state index is 0.784. The Labute approximate surface area is 115 Å². The van der Waals surface area contributed by atoms with Crippen LogP contribution in [-0.2, 0) is 12.8 Å². The quantitative estimate of drug-likeness (QED) is 0.911. The Morgan fingerprint density at radius 3 is 2.47 bits per heavy atom. The second-order valence-electron chi connectivity index (χ2n) is 4.76. The highest BCUT2D eigenvalue weighted by molar-refractivity contribution is 5.46. The van der Waals surface area contributed by atoms with Gasteiger partial charge in [0.15, 0.2) is 0 Å². The molecule has 0 amide bonds. The highest BCUT2D eigenvalue weighted by Gasteiger charge is 2.10. The van der Waals surface area contributed by atoms with E-state index >= 15 is 0 Å². The minimum Gasteiger partial charge on any atom is -0.373 e. The Bertz CT molecular complexity index is 576. The molecule has 0 radical (unpaired) electrons. The smallest absolute Gasteiger partial charge is 0.135 e. The van der Waals surface area contributed by atoms with Crippen LogP contribution in [0.5, 0.6) is 0 Å². The monoisotopic (exact) mass is 255 g/mol. The molecule has 2 rings (SSSR count). The molecule has 0 fully saturated rings. The first-order valence-corrected chi connectivity index (χ1v) is 6.74. The van der Waals surface area contributed by atoms with Crippen molar-refractivity contribution in [3.8, 4) is 0 Å². The predicted molar refractivity (Wildman–Crippen MR) is 79.7 cm³/mol. The lowest BCUT2D eigenvalue weighted by molar-refractivity contribution is 0.904. The zero-order valence-corrected chi connectivity index (χ0v) is 12.1. The molecular formula is C16H21N3. The summed E-state index contributed by atoms with van der Waals surface area (Å²) in [5, 5.41) is 3.18. The zero-order valence-electron chi connectivity index (χ0n) is 12.1. The van der Waals surface area contributed by atoms with Crippen molar-refractivity contribution in [3.05, 3.63) is 52.5 Å². The van der Waals surface area contributed by atoms with E-state index in [1.54, 1.807) is 0 Å². The van der Waals surface area contributed by atoms with Gasteiger partial charge < -0.3 is 5.32 Å². The maximum Gasteiger partial charge on any atom is 0.135 e. The van der Waals surface area contributed by atoms with Crippen molar-refractivity contribution in [1.29, 1.82) is 0 Å². The van der Waals surface area contributed by atoms with Gasteiger partial charge in [0, 0.05) is 24.7 Å². The number of benzene rings is 1. The minimum atomic E-state index is 0.784. The van der Waals surface area contributed by atoms with Gasteiger partial charge in [-0.15, -0.1) is 0 Å². The number of aromatic nitrogens is 2. The molecule has 19 heavy (non-hydrogen) atoms. The maximum absolute atomic E-state index is 4.64. The van der Waals surface area contributed by atoms with Crippen LogP contribution >= 0.6 is 0 Å². The Balaban J connectivity index is 2.36. The van der Waals surface area contributed by atoms with Gasteiger partial charge in [-0.2, -0.15) is 0 Å². The van der Waals surface area contributed by atoms with E-state index in [1.807, 2.05) is 7.05 Å². The number of rotatable bonds is 4. The van der Waals surface area contributed by atoms with Crippen LogP contribution in [0.1, 0.15) is 35.1 Å². The van der Waals surface area contributed by atoms with E-state index in [2.05, 4.69) is 60.3 Å². The fourth-order valence-corrected chi connectivity index (χ4v) is 2.34. The molecule has 1 aromatic heterocycles. The van der Waals surface area contributed by atoms with E-state index in [0.29, 0.717) is 0 Å². The van der Waals surface area contributed by atoms with Gasteiger partial charge in [0.05, 0.1) is 0 Å². The Morgan fingerprint density at radius 1 is 1.11 bits per heavy atom. The molecule has 0 saturated carbocycles. The third-order valence-corrected chi connectivity index (χ3v) is 3.46.